The molecule has 0 aromatic carbocycles. The summed E-state index contributed by atoms with van der Waals surface area (Å²) < 4.78 is 6.05. The van der Waals surface area contributed by atoms with Crippen LogP contribution in [0.25, 0.3) is 0 Å². The number of ether oxygens (including phenoxy) is 1. The largest absolute Gasteiger partial charge is 0.391 e. The van der Waals surface area contributed by atoms with Crippen molar-refractivity contribution in [2.75, 3.05) is 19.7 Å². The van der Waals surface area contributed by atoms with Crippen molar-refractivity contribution < 1.29 is 14.6 Å². The number of carbonyl (C=O) groups excluding carboxylic acids is 1. The third-order valence-corrected chi connectivity index (χ3v) is 11.5. The van der Waals surface area contributed by atoms with Crippen LogP contribution in [0.2, 0.25) is 0 Å². The van der Waals surface area contributed by atoms with Gasteiger partial charge in [0.05, 0.1) is 18.8 Å². The number of aliphatic hydroxyl groups excluding tert-OH is 1. The number of hydrogen-bond acceptors (Lipinski definition) is 4. The molecule has 1 N–H and O–H groups in total. The fraction of sp³-hybridized carbons (Fsp3) is 0.964. The topological polar surface area (TPSA) is 49.8 Å². The lowest BCUT2D eigenvalue weighted by Gasteiger charge is -2.62. The van der Waals surface area contributed by atoms with Crippen molar-refractivity contribution in [1.82, 2.24) is 4.90 Å². The summed E-state index contributed by atoms with van der Waals surface area (Å²) in [5.74, 6) is 4.18. The van der Waals surface area contributed by atoms with E-state index in [1.807, 2.05) is 6.92 Å². The summed E-state index contributed by atoms with van der Waals surface area (Å²) >= 11 is 0. The maximum atomic E-state index is 12.4. The normalized spacial score (nSPS) is 51.7. The molecule has 4 nitrogen and oxygen atoms in total. The van der Waals surface area contributed by atoms with E-state index in [2.05, 4.69) is 32.6 Å². The molecule has 4 heteroatoms. The summed E-state index contributed by atoms with van der Waals surface area (Å²) in [6, 6.07) is 0.280. The van der Waals surface area contributed by atoms with Crippen molar-refractivity contribution in [3.63, 3.8) is 0 Å². The number of morpholine rings is 1. The number of Topliss-reactive ketones (excluding diaryl/α,β-unsaturated/α-hetero) is 1. The minimum atomic E-state index is -0.196. The molecule has 1 aliphatic heterocycles. The monoisotopic (exact) mass is 445 g/mol. The molecule has 0 bridgehead atoms. The molecule has 10 atom stereocenters. The molecule has 5 rings (SSSR count). The second-order valence-corrected chi connectivity index (χ2v) is 13.2. The van der Waals surface area contributed by atoms with Crippen LogP contribution in [-0.4, -0.2) is 53.7 Å². The molecule has 0 radical (unpaired) electrons. The molecular formula is C28H47NO3. The van der Waals surface area contributed by atoms with Crippen LogP contribution >= 0.6 is 0 Å². The quantitative estimate of drug-likeness (QED) is 0.669. The highest BCUT2D eigenvalue weighted by atomic mass is 16.5. The van der Waals surface area contributed by atoms with Crippen LogP contribution in [0.1, 0.15) is 86.0 Å². The SMILES string of the molecule is CC(=O)[C@H]1CC[C@H]2[C@@H]3CC[C@H]4C[C@H](O)[C@@H](N5CCO[C@H](C(C)C)C5)C[C@]4(C)[C@H]3CC[C@]12C. The fourth-order valence-corrected chi connectivity index (χ4v) is 9.72. The Morgan fingerprint density at radius 1 is 1.06 bits per heavy atom. The molecule has 0 unspecified atom stereocenters. The average molecular weight is 446 g/mol. The Bertz CT molecular complexity index is 723. The van der Waals surface area contributed by atoms with Gasteiger partial charge in [-0.05, 0) is 98.7 Å². The molecule has 0 spiro atoms. The van der Waals surface area contributed by atoms with Crippen molar-refractivity contribution in [2.45, 2.75) is 104 Å². The van der Waals surface area contributed by atoms with Crippen LogP contribution in [0, 0.1) is 46.3 Å². The van der Waals surface area contributed by atoms with Gasteiger partial charge in [-0.15, -0.1) is 0 Å². The van der Waals surface area contributed by atoms with Gasteiger partial charge >= 0.3 is 0 Å². The fourth-order valence-electron chi connectivity index (χ4n) is 9.72. The molecule has 32 heavy (non-hydrogen) atoms. The highest BCUT2D eigenvalue weighted by Crippen LogP contribution is 2.67. The third kappa shape index (κ3) is 3.53. The number of nitrogens with zero attached hydrogens (tertiary/aromatic N) is 1. The summed E-state index contributed by atoms with van der Waals surface area (Å²) in [4.78, 5) is 15.0. The van der Waals surface area contributed by atoms with Crippen molar-refractivity contribution in [3.05, 3.63) is 0 Å². The molecule has 0 aromatic heterocycles. The summed E-state index contributed by atoms with van der Waals surface area (Å²) in [6.45, 7) is 14.1. The molecule has 5 fully saturated rings. The number of aliphatic hydroxyl groups is 1. The van der Waals surface area contributed by atoms with Gasteiger partial charge in [-0.25, -0.2) is 0 Å². The van der Waals surface area contributed by atoms with E-state index in [4.69, 9.17) is 4.74 Å². The first-order valence-corrected chi connectivity index (χ1v) is 13.7. The van der Waals surface area contributed by atoms with Crippen molar-refractivity contribution in [3.8, 4) is 0 Å². The van der Waals surface area contributed by atoms with E-state index in [9.17, 15) is 9.90 Å². The Morgan fingerprint density at radius 2 is 1.81 bits per heavy atom. The van der Waals surface area contributed by atoms with E-state index in [0.717, 1.165) is 56.7 Å². The van der Waals surface area contributed by atoms with Crippen LogP contribution in [0.15, 0.2) is 0 Å². The molecule has 182 valence electrons. The average Bonchev–Trinajstić information content (AvgIpc) is 3.11. The number of hydrogen-bond donors (Lipinski definition) is 1. The van der Waals surface area contributed by atoms with Crippen LogP contribution in [0.3, 0.4) is 0 Å². The molecule has 0 amide bonds. The second kappa shape index (κ2) is 8.34. The minimum Gasteiger partial charge on any atom is -0.391 e. The van der Waals surface area contributed by atoms with Crippen molar-refractivity contribution in [2.24, 2.45) is 46.3 Å². The van der Waals surface area contributed by atoms with E-state index in [0.29, 0.717) is 29.0 Å². The Balaban J connectivity index is 1.37. The van der Waals surface area contributed by atoms with Crippen LogP contribution in [0.5, 0.6) is 0 Å². The van der Waals surface area contributed by atoms with Gasteiger partial charge in [-0.3, -0.25) is 9.69 Å². The van der Waals surface area contributed by atoms with Gasteiger partial charge in [-0.2, -0.15) is 0 Å². The molecule has 1 heterocycles. The van der Waals surface area contributed by atoms with E-state index in [-0.39, 0.29) is 23.7 Å². The Kier molecular flexibility index (Phi) is 6.07. The van der Waals surface area contributed by atoms with Crippen LogP contribution < -0.4 is 0 Å². The smallest absolute Gasteiger partial charge is 0.133 e. The maximum Gasteiger partial charge on any atom is 0.133 e. The summed E-state index contributed by atoms with van der Waals surface area (Å²) in [6.07, 6.45) is 9.70. The standard InChI is InChI=1S/C28H47NO3/c1-17(2)26-16-29(12-13-32-26)24-15-28(5)19(14-25(24)31)6-7-20-22-9-8-21(18(3)30)27(22,4)11-10-23(20)28/h17,19-26,31H,6-16H2,1-5H3/t19-,20-,21+,22-,23-,24-,25-,26-,27+,28-/m0/s1. The van der Waals surface area contributed by atoms with Gasteiger partial charge in [-0.1, -0.05) is 27.7 Å². The minimum absolute atomic E-state index is 0.196. The van der Waals surface area contributed by atoms with Gasteiger partial charge in [0.1, 0.15) is 5.78 Å². The lowest BCUT2D eigenvalue weighted by Crippen LogP contribution is -2.61. The van der Waals surface area contributed by atoms with Crippen molar-refractivity contribution >= 4 is 5.78 Å². The maximum absolute atomic E-state index is 12.4. The lowest BCUT2D eigenvalue weighted by molar-refractivity contribution is -0.162. The van der Waals surface area contributed by atoms with E-state index in [1.165, 1.54) is 32.1 Å². The number of ketones is 1. The zero-order valence-corrected chi connectivity index (χ0v) is 21.2. The van der Waals surface area contributed by atoms with E-state index in [1.54, 1.807) is 0 Å². The first-order chi connectivity index (χ1) is 15.1. The van der Waals surface area contributed by atoms with Gasteiger partial charge in [0.15, 0.2) is 0 Å². The lowest BCUT2D eigenvalue weighted by atomic mass is 9.44. The summed E-state index contributed by atoms with van der Waals surface area (Å²) in [5.41, 5.74) is 0.562. The number of carbonyl (C=O) groups is 1. The Labute approximate surface area is 195 Å². The third-order valence-electron chi connectivity index (χ3n) is 11.5. The Morgan fingerprint density at radius 3 is 2.53 bits per heavy atom. The molecular weight excluding hydrogens is 398 g/mol. The predicted molar refractivity (Wildman–Crippen MR) is 127 cm³/mol. The molecule has 5 aliphatic rings. The number of rotatable bonds is 3. The molecule has 1 saturated heterocycles. The first-order valence-electron chi connectivity index (χ1n) is 13.7. The first kappa shape index (κ1) is 23.3. The van der Waals surface area contributed by atoms with Crippen molar-refractivity contribution in [1.29, 1.82) is 0 Å². The summed E-state index contributed by atoms with van der Waals surface area (Å²) in [7, 11) is 0. The van der Waals surface area contributed by atoms with Gasteiger partial charge in [0, 0.05) is 25.0 Å². The van der Waals surface area contributed by atoms with Crippen LogP contribution in [0.4, 0.5) is 0 Å². The zero-order valence-electron chi connectivity index (χ0n) is 21.2. The van der Waals surface area contributed by atoms with Gasteiger partial charge in [0.25, 0.3) is 0 Å². The molecule has 4 aliphatic carbocycles. The van der Waals surface area contributed by atoms with E-state index < -0.39 is 0 Å². The van der Waals surface area contributed by atoms with E-state index >= 15 is 0 Å². The zero-order chi connectivity index (χ0) is 22.8. The highest BCUT2D eigenvalue weighted by molar-refractivity contribution is 5.79. The Hall–Kier alpha value is -0.450. The van der Waals surface area contributed by atoms with Crippen LogP contribution in [-0.2, 0) is 9.53 Å². The molecule has 0 aromatic rings. The second-order valence-electron chi connectivity index (χ2n) is 13.2. The van der Waals surface area contributed by atoms with Gasteiger partial charge < -0.3 is 9.84 Å². The molecule has 4 saturated carbocycles. The van der Waals surface area contributed by atoms with Gasteiger partial charge in [0.2, 0.25) is 0 Å². The predicted octanol–water partition coefficient (Wildman–Crippen LogP) is 4.93. The number of fused-ring (bicyclic) bond motifs is 5. The summed E-state index contributed by atoms with van der Waals surface area (Å²) in [5, 5.41) is 11.3. The highest BCUT2D eigenvalue weighted by Gasteiger charge is 2.62.